The van der Waals surface area contributed by atoms with Crippen LogP contribution in [0.4, 0.5) is 4.39 Å². The highest BCUT2D eigenvalue weighted by atomic mass is 127. The molecule has 4 nitrogen and oxygen atoms in total. The summed E-state index contributed by atoms with van der Waals surface area (Å²) in [6.45, 7) is 8.69. The highest BCUT2D eigenvalue weighted by molar-refractivity contribution is 14.1. The van der Waals surface area contributed by atoms with E-state index >= 15 is 0 Å². The van der Waals surface area contributed by atoms with Gasteiger partial charge >= 0.3 is 0 Å². The Kier molecular flexibility index (Phi) is 5.02. The number of pyridine rings is 1. The molecule has 3 heterocycles. The molecular formula is C20H22FIN2O2Si. The van der Waals surface area contributed by atoms with Crippen molar-refractivity contribution in [2.75, 3.05) is 6.61 Å². The average molecular weight is 496 g/mol. The molecule has 2 aromatic heterocycles. The Bertz CT molecular complexity index is 1010. The molecule has 0 saturated carbocycles. The molecule has 0 amide bonds. The fourth-order valence-corrected chi connectivity index (χ4v) is 4.86. The summed E-state index contributed by atoms with van der Waals surface area (Å²) in [6, 6.07) is 7.73. The lowest BCUT2D eigenvalue weighted by atomic mass is 10.0. The molecule has 1 aromatic carbocycles. The third kappa shape index (κ3) is 3.64. The third-order valence-electron chi connectivity index (χ3n) is 4.79. The third-order valence-corrected chi connectivity index (χ3v) is 7.73. The molecule has 0 radical (unpaired) electrons. The minimum Gasteiger partial charge on any atom is -0.488 e. The molecule has 0 N–H and O–H groups in total. The first-order valence-electron chi connectivity index (χ1n) is 9.01. The molecule has 3 aromatic rings. The lowest BCUT2D eigenvalue weighted by Crippen LogP contribution is -2.22. The van der Waals surface area contributed by atoms with Crippen LogP contribution in [-0.2, 0) is 18.1 Å². The van der Waals surface area contributed by atoms with Crippen LogP contribution in [-0.4, -0.2) is 24.2 Å². The average Bonchev–Trinajstić information content (AvgIpc) is 2.77. The van der Waals surface area contributed by atoms with E-state index < -0.39 is 8.07 Å². The monoisotopic (exact) mass is 496 g/mol. The van der Waals surface area contributed by atoms with Gasteiger partial charge < -0.3 is 9.47 Å². The van der Waals surface area contributed by atoms with Crippen molar-refractivity contribution in [3.05, 3.63) is 45.5 Å². The molecule has 0 atom stereocenters. The summed E-state index contributed by atoms with van der Waals surface area (Å²) in [4.78, 5) is 4.61. The van der Waals surface area contributed by atoms with Crippen molar-refractivity contribution in [1.82, 2.24) is 9.55 Å². The first kappa shape index (κ1) is 18.9. The molecule has 0 saturated heterocycles. The fourth-order valence-electron chi connectivity index (χ4n) is 3.31. The van der Waals surface area contributed by atoms with E-state index in [4.69, 9.17) is 9.47 Å². The largest absolute Gasteiger partial charge is 0.488 e. The first-order chi connectivity index (χ1) is 12.8. The summed E-state index contributed by atoms with van der Waals surface area (Å²) in [6.07, 6.45) is 1.77. The van der Waals surface area contributed by atoms with E-state index in [2.05, 4.69) is 51.8 Å². The Morgan fingerprint density at radius 2 is 2.07 bits per heavy atom. The predicted molar refractivity (Wildman–Crippen MR) is 116 cm³/mol. The van der Waals surface area contributed by atoms with E-state index in [-0.39, 0.29) is 5.82 Å². The maximum atomic E-state index is 13.9. The highest BCUT2D eigenvalue weighted by Gasteiger charge is 2.25. The lowest BCUT2D eigenvalue weighted by molar-refractivity contribution is 0.0880. The van der Waals surface area contributed by atoms with Gasteiger partial charge in [-0.2, -0.15) is 0 Å². The van der Waals surface area contributed by atoms with Crippen LogP contribution in [0.5, 0.6) is 5.75 Å². The molecule has 0 spiro atoms. The molecule has 0 bridgehead atoms. The lowest BCUT2D eigenvalue weighted by Gasteiger charge is -2.16. The zero-order valence-corrected chi connectivity index (χ0v) is 18.8. The number of hydrogen-bond acceptors (Lipinski definition) is 3. The van der Waals surface area contributed by atoms with Crippen molar-refractivity contribution in [2.24, 2.45) is 0 Å². The van der Waals surface area contributed by atoms with Crippen LogP contribution in [0.2, 0.25) is 25.7 Å². The van der Waals surface area contributed by atoms with E-state index in [1.165, 1.54) is 12.1 Å². The van der Waals surface area contributed by atoms with Gasteiger partial charge in [-0.1, -0.05) is 19.6 Å². The van der Waals surface area contributed by atoms with Gasteiger partial charge in [-0.25, -0.2) is 9.37 Å². The van der Waals surface area contributed by atoms with Crippen molar-refractivity contribution >= 4 is 41.7 Å². The summed E-state index contributed by atoms with van der Waals surface area (Å²) in [7, 11) is -1.12. The van der Waals surface area contributed by atoms with Gasteiger partial charge in [-0.05, 0) is 58.5 Å². The number of aromatic nitrogens is 2. The van der Waals surface area contributed by atoms with E-state index in [1.807, 2.05) is 6.07 Å². The second kappa shape index (κ2) is 7.18. The fraction of sp³-hybridized carbons (Fsp3) is 0.350. The van der Waals surface area contributed by atoms with Gasteiger partial charge in [0.25, 0.3) is 0 Å². The second-order valence-corrected chi connectivity index (χ2v) is 14.7. The molecule has 1 aliphatic heterocycles. The minimum atomic E-state index is -1.12. The van der Waals surface area contributed by atoms with Gasteiger partial charge in [0.2, 0.25) is 0 Å². The SMILES string of the molecule is C[Si](C)(C)CCOCn1c(I)c2c3c(ccnc31)-c1cc(F)ccc1OC2. The van der Waals surface area contributed by atoms with Crippen molar-refractivity contribution in [3.8, 4) is 16.9 Å². The molecule has 0 unspecified atom stereocenters. The Hall–Kier alpha value is -1.45. The van der Waals surface area contributed by atoms with Crippen LogP contribution in [0.15, 0.2) is 30.5 Å². The van der Waals surface area contributed by atoms with Crippen LogP contribution in [0.1, 0.15) is 5.56 Å². The molecule has 142 valence electrons. The van der Waals surface area contributed by atoms with Crippen molar-refractivity contribution < 1.29 is 13.9 Å². The summed E-state index contributed by atoms with van der Waals surface area (Å²) in [5, 5.41) is 1.03. The number of benzene rings is 1. The number of fused-ring (bicyclic) bond motifs is 2. The second-order valence-electron chi connectivity index (χ2n) is 8.03. The van der Waals surface area contributed by atoms with Crippen molar-refractivity contribution in [2.45, 2.75) is 39.0 Å². The van der Waals surface area contributed by atoms with Crippen LogP contribution >= 0.6 is 22.6 Å². The molecule has 1 aliphatic rings. The van der Waals surface area contributed by atoms with Gasteiger partial charge in [-0.3, -0.25) is 4.57 Å². The highest BCUT2D eigenvalue weighted by Crippen LogP contribution is 2.42. The van der Waals surface area contributed by atoms with Crippen LogP contribution in [0, 0.1) is 9.52 Å². The quantitative estimate of drug-likeness (QED) is 0.260. The number of halogens is 2. The predicted octanol–water partition coefficient (Wildman–Crippen LogP) is 5.65. The van der Waals surface area contributed by atoms with Gasteiger partial charge in [0.1, 0.15) is 30.6 Å². The summed E-state index contributed by atoms with van der Waals surface area (Å²) < 4.78 is 29.0. The summed E-state index contributed by atoms with van der Waals surface area (Å²) in [5.41, 5.74) is 3.68. The van der Waals surface area contributed by atoms with E-state index in [0.717, 1.165) is 44.1 Å². The molecule has 0 fully saturated rings. The van der Waals surface area contributed by atoms with Gasteiger partial charge in [-0.15, -0.1) is 0 Å². The number of rotatable bonds is 5. The Morgan fingerprint density at radius 3 is 2.85 bits per heavy atom. The van der Waals surface area contributed by atoms with Crippen molar-refractivity contribution in [3.63, 3.8) is 0 Å². The topological polar surface area (TPSA) is 36.3 Å². The Morgan fingerprint density at radius 1 is 1.26 bits per heavy atom. The van der Waals surface area contributed by atoms with Crippen LogP contribution < -0.4 is 4.74 Å². The van der Waals surface area contributed by atoms with Gasteiger partial charge in [0.05, 0.1) is 3.70 Å². The molecular weight excluding hydrogens is 474 g/mol. The normalized spacial score (nSPS) is 13.4. The molecule has 0 aliphatic carbocycles. The van der Waals surface area contributed by atoms with Crippen molar-refractivity contribution in [1.29, 1.82) is 0 Å². The standard InChI is InChI=1S/C20H22FIN2O2Si/c1-27(2,3)9-8-25-12-24-19(22)16-11-26-17-5-4-13(21)10-15(17)14-6-7-23-20(24)18(14)16/h4-7,10H,8-9,11-12H2,1-3H3. The molecule has 4 rings (SSSR count). The van der Waals surface area contributed by atoms with E-state index in [0.29, 0.717) is 19.1 Å². The maximum absolute atomic E-state index is 13.9. The Balaban J connectivity index is 1.75. The van der Waals surface area contributed by atoms with Crippen LogP contribution in [0.3, 0.4) is 0 Å². The number of nitrogens with zero attached hydrogens (tertiary/aromatic N) is 2. The Labute approximate surface area is 172 Å². The molecule has 27 heavy (non-hydrogen) atoms. The minimum absolute atomic E-state index is 0.269. The first-order valence-corrected chi connectivity index (χ1v) is 13.8. The summed E-state index contributed by atoms with van der Waals surface area (Å²) in [5.74, 6) is 0.434. The van der Waals surface area contributed by atoms with Crippen LogP contribution in [0.25, 0.3) is 22.2 Å². The smallest absolute Gasteiger partial charge is 0.143 e. The summed E-state index contributed by atoms with van der Waals surface area (Å²) >= 11 is 2.33. The van der Waals surface area contributed by atoms with E-state index in [1.54, 1.807) is 12.3 Å². The number of hydrogen-bond donors (Lipinski definition) is 0. The van der Waals surface area contributed by atoms with Gasteiger partial charge in [0.15, 0.2) is 0 Å². The maximum Gasteiger partial charge on any atom is 0.143 e. The van der Waals surface area contributed by atoms with Gasteiger partial charge in [0, 0.05) is 37.4 Å². The zero-order chi connectivity index (χ0) is 19.2. The molecule has 7 heteroatoms. The van der Waals surface area contributed by atoms with E-state index in [9.17, 15) is 4.39 Å². The zero-order valence-electron chi connectivity index (χ0n) is 15.7. The number of ether oxygens (including phenoxy) is 2.